The number of fused-ring (bicyclic) bond motifs is 1. The summed E-state index contributed by atoms with van der Waals surface area (Å²) in [6.45, 7) is 0. The zero-order valence-electron chi connectivity index (χ0n) is 13.2. The van der Waals surface area contributed by atoms with Crippen LogP contribution < -0.4 is 10.6 Å². The quantitative estimate of drug-likeness (QED) is 0.641. The van der Waals surface area contributed by atoms with Crippen LogP contribution in [-0.4, -0.2) is 21.0 Å². The van der Waals surface area contributed by atoms with E-state index in [0.717, 1.165) is 30.4 Å². The number of nitrogens with zero attached hydrogens (tertiary/aromatic N) is 2. The number of nitrogens with one attached hydrogen (secondary N) is 3. The fourth-order valence-electron chi connectivity index (χ4n) is 2.76. The zero-order valence-corrected chi connectivity index (χ0v) is 13.2. The first-order valence-electron chi connectivity index (χ1n) is 8.05. The topological polar surface area (TPSA) is 65.6 Å². The van der Waals surface area contributed by atoms with E-state index in [4.69, 9.17) is 0 Å². The van der Waals surface area contributed by atoms with Gasteiger partial charge in [0.25, 0.3) is 0 Å². The van der Waals surface area contributed by atoms with Crippen molar-refractivity contribution in [3.63, 3.8) is 0 Å². The third kappa shape index (κ3) is 3.24. The van der Waals surface area contributed by atoms with Crippen LogP contribution >= 0.6 is 0 Å². The molecule has 0 bridgehead atoms. The minimum Gasteiger partial charge on any atom is -0.367 e. The van der Waals surface area contributed by atoms with E-state index in [-0.39, 0.29) is 11.6 Å². The molecule has 1 fully saturated rings. The Kier molecular flexibility index (Phi) is 3.74. The molecule has 0 radical (unpaired) electrons. The number of rotatable bonds is 4. The molecule has 0 atom stereocenters. The van der Waals surface area contributed by atoms with Crippen molar-refractivity contribution in [1.82, 2.24) is 15.0 Å². The molecule has 0 spiro atoms. The summed E-state index contributed by atoms with van der Waals surface area (Å²) in [6.07, 6.45) is 0.741. The Morgan fingerprint density at radius 3 is 2.68 bits per heavy atom. The Balaban J connectivity index is 1.65. The molecular weight excluding hydrogens is 331 g/mol. The van der Waals surface area contributed by atoms with Crippen LogP contribution in [0.3, 0.4) is 0 Å². The minimum atomic E-state index is -4.39. The van der Waals surface area contributed by atoms with E-state index in [1.54, 1.807) is 12.3 Å². The van der Waals surface area contributed by atoms with E-state index in [1.807, 2.05) is 6.07 Å². The summed E-state index contributed by atoms with van der Waals surface area (Å²) in [5.74, 6) is 0.932. The van der Waals surface area contributed by atoms with E-state index < -0.39 is 11.7 Å². The van der Waals surface area contributed by atoms with Crippen LogP contribution in [0.25, 0.3) is 11.0 Å². The van der Waals surface area contributed by atoms with Gasteiger partial charge >= 0.3 is 6.18 Å². The standard InChI is InChI=1S/C17H16F3N5/c18-17(19,20)10-3-1-6-12(9-10)23-16-24-14-13(7-8-21-14)15(25-16)22-11-4-2-5-11/h1,3,6-9,11H,2,4-5H2,(H3,21,22,23,24,25). The Labute approximate surface area is 141 Å². The monoisotopic (exact) mass is 347 g/mol. The number of hydrogen-bond donors (Lipinski definition) is 3. The fourth-order valence-corrected chi connectivity index (χ4v) is 2.76. The van der Waals surface area contributed by atoms with Gasteiger partial charge in [-0.3, -0.25) is 0 Å². The molecule has 2 aromatic heterocycles. The number of anilines is 3. The Morgan fingerprint density at radius 1 is 1.12 bits per heavy atom. The first-order valence-corrected chi connectivity index (χ1v) is 8.05. The fraction of sp³-hybridized carbons (Fsp3) is 0.294. The first kappa shape index (κ1) is 15.7. The van der Waals surface area contributed by atoms with Crippen molar-refractivity contribution >= 4 is 28.5 Å². The average molecular weight is 347 g/mol. The van der Waals surface area contributed by atoms with Gasteiger partial charge in [0.05, 0.1) is 10.9 Å². The second-order valence-electron chi connectivity index (χ2n) is 6.11. The zero-order chi connectivity index (χ0) is 17.4. The predicted molar refractivity (Wildman–Crippen MR) is 89.9 cm³/mol. The van der Waals surface area contributed by atoms with Crippen molar-refractivity contribution in [3.8, 4) is 0 Å². The van der Waals surface area contributed by atoms with Crippen molar-refractivity contribution in [2.24, 2.45) is 0 Å². The van der Waals surface area contributed by atoms with Crippen LogP contribution in [-0.2, 0) is 6.18 Å². The highest BCUT2D eigenvalue weighted by Crippen LogP contribution is 2.32. The van der Waals surface area contributed by atoms with Crippen molar-refractivity contribution in [1.29, 1.82) is 0 Å². The van der Waals surface area contributed by atoms with E-state index in [1.165, 1.54) is 12.5 Å². The lowest BCUT2D eigenvalue weighted by atomic mass is 9.93. The van der Waals surface area contributed by atoms with Gasteiger partial charge in [0, 0.05) is 17.9 Å². The lowest BCUT2D eigenvalue weighted by molar-refractivity contribution is -0.137. The van der Waals surface area contributed by atoms with E-state index in [9.17, 15) is 13.2 Å². The molecule has 130 valence electrons. The number of halogens is 3. The number of alkyl halides is 3. The molecule has 8 heteroatoms. The van der Waals surface area contributed by atoms with Crippen molar-refractivity contribution in [3.05, 3.63) is 42.1 Å². The number of benzene rings is 1. The van der Waals surface area contributed by atoms with Crippen LogP contribution in [0.4, 0.5) is 30.6 Å². The molecule has 0 aliphatic heterocycles. The molecule has 25 heavy (non-hydrogen) atoms. The highest BCUT2D eigenvalue weighted by atomic mass is 19.4. The molecule has 1 aliphatic rings. The SMILES string of the molecule is FC(F)(F)c1cccc(Nc2nc(NC3CCC3)c3cc[nH]c3n2)c1. The molecular formula is C17H16F3N5. The van der Waals surface area contributed by atoms with Crippen LogP contribution in [0.1, 0.15) is 24.8 Å². The molecule has 4 rings (SSSR count). The molecule has 5 nitrogen and oxygen atoms in total. The Hall–Kier alpha value is -2.77. The van der Waals surface area contributed by atoms with Gasteiger partial charge in [0.1, 0.15) is 11.5 Å². The molecule has 1 aromatic carbocycles. The normalized spacial score (nSPS) is 15.2. The lowest BCUT2D eigenvalue weighted by Gasteiger charge is -2.27. The van der Waals surface area contributed by atoms with Crippen molar-refractivity contribution in [2.45, 2.75) is 31.5 Å². The first-order chi connectivity index (χ1) is 12.0. The van der Waals surface area contributed by atoms with Gasteiger partial charge in [-0.05, 0) is 43.5 Å². The molecule has 0 amide bonds. The van der Waals surface area contributed by atoms with E-state index >= 15 is 0 Å². The Morgan fingerprint density at radius 2 is 1.96 bits per heavy atom. The second-order valence-corrected chi connectivity index (χ2v) is 6.11. The molecule has 3 aromatic rings. The number of aromatic nitrogens is 3. The van der Waals surface area contributed by atoms with Crippen molar-refractivity contribution < 1.29 is 13.2 Å². The Bertz CT molecular complexity index is 899. The summed E-state index contributed by atoms with van der Waals surface area (Å²) in [5, 5.41) is 7.11. The summed E-state index contributed by atoms with van der Waals surface area (Å²) in [6, 6.07) is 7.24. The van der Waals surface area contributed by atoms with Gasteiger partial charge in [0.15, 0.2) is 0 Å². The third-order valence-electron chi connectivity index (χ3n) is 4.31. The molecule has 1 saturated carbocycles. The van der Waals surface area contributed by atoms with Gasteiger partial charge in [-0.2, -0.15) is 23.1 Å². The van der Waals surface area contributed by atoms with Gasteiger partial charge in [0.2, 0.25) is 5.95 Å². The van der Waals surface area contributed by atoms with Crippen LogP contribution in [0.2, 0.25) is 0 Å². The van der Waals surface area contributed by atoms with Gasteiger partial charge in [-0.25, -0.2) is 0 Å². The van der Waals surface area contributed by atoms with E-state index in [0.29, 0.717) is 17.5 Å². The highest BCUT2D eigenvalue weighted by Gasteiger charge is 2.30. The van der Waals surface area contributed by atoms with Crippen LogP contribution in [0.5, 0.6) is 0 Å². The van der Waals surface area contributed by atoms with Gasteiger partial charge in [-0.15, -0.1) is 0 Å². The maximum absolute atomic E-state index is 12.9. The van der Waals surface area contributed by atoms with E-state index in [2.05, 4.69) is 25.6 Å². The maximum atomic E-state index is 12.9. The number of aromatic amines is 1. The largest absolute Gasteiger partial charge is 0.416 e. The van der Waals surface area contributed by atoms with Gasteiger partial charge in [-0.1, -0.05) is 6.07 Å². The van der Waals surface area contributed by atoms with Crippen LogP contribution in [0.15, 0.2) is 36.5 Å². The third-order valence-corrected chi connectivity index (χ3v) is 4.31. The van der Waals surface area contributed by atoms with Gasteiger partial charge < -0.3 is 15.6 Å². The smallest absolute Gasteiger partial charge is 0.367 e. The predicted octanol–water partition coefficient (Wildman–Crippen LogP) is 4.68. The molecule has 2 heterocycles. The number of H-pyrrole nitrogens is 1. The minimum absolute atomic E-state index is 0.246. The molecule has 1 aliphatic carbocycles. The lowest BCUT2D eigenvalue weighted by Crippen LogP contribution is -2.27. The second kappa shape index (κ2) is 5.94. The highest BCUT2D eigenvalue weighted by molar-refractivity contribution is 5.88. The summed E-state index contributed by atoms with van der Waals surface area (Å²) in [5.41, 5.74) is 0.202. The molecule has 0 saturated heterocycles. The summed E-state index contributed by atoms with van der Waals surface area (Å²) in [4.78, 5) is 11.8. The number of hydrogen-bond acceptors (Lipinski definition) is 4. The maximum Gasteiger partial charge on any atom is 0.416 e. The van der Waals surface area contributed by atoms with Crippen LogP contribution in [0, 0.1) is 0 Å². The average Bonchev–Trinajstić information content (AvgIpc) is 2.99. The summed E-state index contributed by atoms with van der Waals surface area (Å²) < 4.78 is 38.6. The summed E-state index contributed by atoms with van der Waals surface area (Å²) in [7, 11) is 0. The molecule has 0 unspecified atom stereocenters. The van der Waals surface area contributed by atoms with Crippen molar-refractivity contribution in [2.75, 3.05) is 10.6 Å². The molecule has 3 N–H and O–H groups in total. The summed E-state index contributed by atoms with van der Waals surface area (Å²) >= 11 is 0.